The molecule has 0 aliphatic rings. The molecule has 0 atom stereocenters. The van der Waals surface area contributed by atoms with Crippen LogP contribution in [0.15, 0.2) is 77.7 Å². The lowest BCUT2D eigenvalue weighted by Crippen LogP contribution is -2.02. The molecule has 0 amide bonds. The summed E-state index contributed by atoms with van der Waals surface area (Å²) in [6, 6.07) is 15.5. The lowest BCUT2D eigenvalue weighted by Gasteiger charge is -2.08. The number of carbonyl (C=O) groups is 1. The molecule has 8 heteroatoms. The van der Waals surface area contributed by atoms with E-state index in [1.807, 2.05) is 28.9 Å². The van der Waals surface area contributed by atoms with E-state index in [-0.39, 0.29) is 11.6 Å². The Balaban J connectivity index is 1.38. The van der Waals surface area contributed by atoms with Crippen molar-refractivity contribution in [2.45, 2.75) is 6.54 Å². The van der Waals surface area contributed by atoms with Crippen LogP contribution in [0.5, 0.6) is 0 Å². The van der Waals surface area contributed by atoms with Crippen LogP contribution in [0, 0.1) is 17.7 Å². The second-order valence-electron chi connectivity index (χ2n) is 7.19. The summed E-state index contributed by atoms with van der Waals surface area (Å²) in [6.07, 6.45) is 5.42. The predicted octanol–water partition coefficient (Wildman–Crippen LogP) is 4.56. The van der Waals surface area contributed by atoms with Crippen LogP contribution in [0.3, 0.4) is 0 Å². The van der Waals surface area contributed by atoms with Crippen molar-refractivity contribution >= 4 is 28.7 Å². The summed E-state index contributed by atoms with van der Waals surface area (Å²) in [5, 5.41) is 8.62. The Labute approximate surface area is 187 Å². The van der Waals surface area contributed by atoms with Crippen molar-refractivity contribution in [3.05, 3.63) is 102 Å². The molecule has 7 nitrogen and oxygen atoms in total. The maximum absolute atomic E-state index is 13.5. The van der Waals surface area contributed by atoms with Gasteiger partial charge in [0.05, 0.1) is 23.8 Å². The highest BCUT2D eigenvalue weighted by atomic mass is 19.1. The number of fused-ring (bicyclic) bond motifs is 1. The highest BCUT2D eigenvalue weighted by molar-refractivity contribution is 5.83. The highest BCUT2D eigenvalue weighted by Gasteiger charge is 2.08. The zero-order valence-electron chi connectivity index (χ0n) is 17.2. The van der Waals surface area contributed by atoms with Gasteiger partial charge >= 0.3 is 0 Å². The average Bonchev–Trinajstić information content (AvgIpc) is 3.45. The quantitative estimate of drug-likeness (QED) is 0.320. The molecule has 3 heterocycles. The van der Waals surface area contributed by atoms with E-state index in [1.165, 1.54) is 18.5 Å². The third kappa shape index (κ3) is 4.48. The summed E-state index contributed by atoms with van der Waals surface area (Å²) in [7, 11) is 0. The van der Waals surface area contributed by atoms with Crippen molar-refractivity contribution in [1.82, 2.24) is 19.7 Å². The van der Waals surface area contributed by atoms with E-state index in [2.05, 4.69) is 32.2 Å². The molecule has 0 unspecified atom stereocenters. The first-order valence-corrected chi connectivity index (χ1v) is 10.0. The number of benzene rings is 2. The summed E-state index contributed by atoms with van der Waals surface area (Å²) >= 11 is 0. The van der Waals surface area contributed by atoms with Gasteiger partial charge in [-0.2, -0.15) is 5.10 Å². The molecule has 3 aromatic heterocycles. The summed E-state index contributed by atoms with van der Waals surface area (Å²) in [5.41, 5.74) is 3.14. The van der Waals surface area contributed by atoms with E-state index in [4.69, 9.17) is 4.42 Å². The molecule has 160 valence electrons. The number of halogens is 1. The minimum Gasteiger partial charge on any atom is -0.445 e. The van der Waals surface area contributed by atoms with E-state index in [9.17, 15) is 9.18 Å². The number of anilines is 2. The van der Waals surface area contributed by atoms with Crippen molar-refractivity contribution in [2.75, 3.05) is 5.32 Å². The number of hydrogen-bond donors (Lipinski definition) is 1. The predicted molar refractivity (Wildman–Crippen MR) is 121 cm³/mol. The van der Waals surface area contributed by atoms with Crippen molar-refractivity contribution in [1.29, 1.82) is 0 Å². The minimum absolute atomic E-state index is 0.216. The number of carbonyl (C=O) groups excluding carboxylic acids is 1. The fourth-order valence-electron chi connectivity index (χ4n) is 3.37. The number of rotatable bonds is 5. The van der Waals surface area contributed by atoms with Crippen LogP contribution < -0.4 is 5.32 Å². The van der Waals surface area contributed by atoms with Gasteiger partial charge in [0.15, 0.2) is 17.8 Å². The number of aromatic nitrogens is 4. The van der Waals surface area contributed by atoms with Crippen molar-refractivity contribution in [2.24, 2.45) is 0 Å². The van der Waals surface area contributed by atoms with Crippen molar-refractivity contribution in [3.63, 3.8) is 0 Å². The number of nitrogens with zero attached hydrogens (tertiary/aromatic N) is 4. The van der Waals surface area contributed by atoms with Crippen LogP contribution in [0.1, 0.15) is 27.4 Å². The van der Waals surface area contributed by atoms with E-state index in [0.717, 1.165) is 22.2 Å². The van der Waals surface area contributed by atoms with Crippen LogP contribution >= 0.6 is 0 Å². The van der Waals surface area contributed by atoms with Crippen molar-refractivity contribution < 1.29 is 13.6 Å². The standard InChI is InChI=1S/C25H16FN5O2/c26-20-3-1-2-17(10-20)14-31-24-9-5-21(11-19(24)13-29-31)30-25-18(12-27-16-28-25)4-6-22-7-8-23(15-32)33-22/h1-3,5,7-13,15-16H,14H2,(H,27,28,30). The zero-order valence-corrected chi connectivity index (χ0v) is 17.2. The summed E-state index contributed by atoms with van der Waals surface area (Å²) in [5.74, 6) is 6.69. The Morgan fingerprint density at radius 2 is 2.03 bits per heavy atom. The van der Waals surface area contributed by atoms with Gasteiger partial charge in [0.1, 0.15) is 18.0 Å². The van der Waals surface area contributed by atoms with Crippen LogP contribution in [0.4, 0.5) is 15.9 Å². The van der Waals surface area contributed by atoms with Gasteiger partial charge in [-0.3, -0.25) is 9.48 Å². The van der Waals surface area contributed by atoms with Gasteiger partial charge in [-0.1, -0.05) is 18.1 Å². The fourth-order valence-corrected chi connectivity index (χ4v) is 3.37. The summed E-state index contributed by atoms with van der Waals surface area (Å²) in [4.78, 5) is 19.1. The Hall–Kier alpha value is -4.77. The molecule has 2 aromatic carbocycles. The summed E-state index contributed by atoms with van der Waals surface area (Å²) in [6.45, 7) is 0.471. The van der Waals surface area contributed by atoms with Crippen LogP contribution in [0.25, 0.3) is 10.9 Å². The first kappa shape index (κ1) is 20.2. The number of hydrogen-bond acceptors (Lipinski definition) is 6. The molecule has 0 aliphatic heterocycles. The molecule has 5 aromatic rings. The summed E-state index contributed by atoms with van der Waals surface area (Å²) < 4.78 is 20.6. The Bertz CT molecular complexity index is 1530. The minimum atomic E-state index is -0.268. The third-order valence-electron chi connectivity index (χ3n) is 4.90. The first-order chi connectivity index (χ1) is 16.2. The van der Waals surface area contributed by atoms with Crippen LogP contribution in [-0.2, 0) is 6.54 Å². The number of aldehydes is 1. The number of nitrogens with one attached hydrogen (secondary N) is 1. The first-order valence-electron chi connectivity index (χ1n) is 10.0. The Morgan fingerprint density at radius 1 is 1.09 bits per heavy atom. The maximum atomic E-state index is 13.5. The van der Waals surface area contributed by atoms with Gasteiger partial charge < -0.3 is 9.73 Å². The molecule has 1 N–H and O–H groups in total. The molecule has 0 saturated carbocycles. The molecule has 0 radical (unpaired) electrons. The average molecular weight is 437 g/mol. The van der Waals surface area contributed by atoms with E-state index in [0.29, 0.717) is 30.0 Å². The number of furan rings is 1. The molecular formula is C25H16FN5O2. The van der Waals surface area contributed by atoms with Gasteiger partial charge in [0, 0.05) is 17.3 Å². The highest BCUT2D eigenvalue weighted by Crippen LogP contribution is 2.23. The molecule has 0 spiro atoms. The SMILES string of the molecule is O=Cc1ccc(C#Cc2cncnc2Nc2ccc3c(cnn3Cc3cccc(F)c3)c2)o1. The normalized spacial score (nSPS) is 10.6. The maximum Gasteiger partial charge on any atom is 0.185 e. The van der Waals surface area contributed by atoms with Crippen LogP contribution in [-0.4, -0.2) is 26.0 Å². The van der Waals surface area contributed by atoms with Gasteiger partial charge in [0.2, 0.25) is 0 Å². The molecular weight excluding hydrogens is 421 g/mol. The lowest BCUT2D eigenvalue weighted by atomic mass is 10.2. The van der Waals surface area contributed by atoms with Gasteiger partial charge in [0.25, 0.3) is 0 Å². The third-order valence-corrected chi connectivity index (χ3v) is 4.90. The Kier molecular flexibility index (Phi) is 5.35. The second kappa shape index (κ2) is 8.77. The van der Waals surface area contributed by atoms with E-state index >= 15 is 0 Å². The van der Waals surface area contributed by atoms with E-state index in [1.54, 1.807) is 30.6 Å². The molecule has 0 bridgehead atoms. The van der Waals surface area contributed by atoms with Gasteiger partial charge in [-0.05, 0) is 53.9 Å². The topological polar surface area (TPSA) is 85.8 Å². The molecule has 0 fully saturated rings. The van der Waals surface area contributed by atoms with Gasteiger partial charge in [-0.15, -0.1) is 0 Å². The fraction of sp³-hybridized carbons (Fsp3) is 0.0400. The van der Waals surface area contributed by atoms with Crippen LogP contribution in [0.2, 0.25) is 0 Å². The second-order valence-corrected chi connectivity index (χ2v) is 7.19. The Morgan fingerprint density at radius 3 is 2.88 bits per heavy atom. The lowest BCUT2D eigenvalue weighted by molar-refractivity contribution is 0.110. The largest absolute Gasteiger partial charge is 0.445 e. The van der Waals surface area contributed by atoms with Crippen molar-refractivity contribution in [3.8, 4) is 11.8 Å². The molecule has 0 saturated heterocycles. The molecule has 33 heavy (non-hydrogen) atoms. The smallest absolute Gasteiger partial charge is 0.185 e. The van der Waals surface area contributed by atoms with E-state index < -0.39 is 0 Å². The molecule has 5 rings (SSSR count). The monoisotopic (exact) mass is 437 g/mol. The zero-order chi connectivity index (χ0) is 22.6. The van der Waals surface area contributed by atoms with Gasteiger partial charge in [-0.25, -0.2) is 14.4 Å². The molecule has 0 aliphatic carbocycles.